The first kappa shape index (κ1) is 18.5. The highest BCUT2D eigenvalue weighted by molar-refractivity contribution is 6.30. The van der Waals surface area contributed by atoms with Crippen molar-refractivity contribution < 1.29 is 0 Å². The van der Waals surface area contributed by atoms with Gasteiger partial charge in [-0.1, -0.05) is 23.7 Å². The van der Waals surface area contributed by atoms with E-state index in [1.54, 1.807) is 6.20 Å². The Morgan fingerprint density at radius 1 is 0.929 bits per heavy atom. The molecule has 0 aliphatic carbocycles. The molecule has 0 atom stereocenters. The second-order valence-corrected chi connectivity index (χ2v) is 7.30. The third-order valence-electron chi connectivity index (χ3n) is 4.78. The van der Waals surface area contributed by atoms with Crippen molar-refractivity contribution in [3.63, 3.8) is 0 Å². The Hall–Kier alpha value is -2.86. The van der Waals surface area contributed by atoms with E-state index in [9.17, 15) is 0 Å². The maximum Gasteiger partial charge on any atom is 0.244 e. The molecule has 1 aliphatic rings. The molecule has 28 heavy (non-hydrogen) atoms. The Labute approximate surface area is 170 Å². The number of anilines is 4. The fraction of sp³-hybridized carbons (Fsp3) is 0.286. The highest BCUT2D eigenvalue weighted by atomic mass is 35.5. The van der Waals surface area contributed by atoms with Gasteiger partial charge >= 0.3 is 0 Å². The molecule has 1 fully saturated rings. The molecule has 4 rings (SSSR count). The first-order chi connectivity index (χ1) is 13.8. The van der Waals surface area contributed by atoms with Crippen molar-refractivity contribution in [2.45, 2.75) is 25.8 Å². The van der Waals surface area contributed by atoms with E-state index in [-0.39, 0.29) is 0 Å². The predicted octanol–water partition coefficient (Wildman–Crippen LogP) is 4.87. The topological polar surface area (TPSA) is 66.0 Å². The number of hydrogen-bond donors (Lipinski definition) is 2. The van der Waals surface area contributed by atoms with Crippen molar-refractivity contribution >= 4 is 34.7 Å². The van der Waals surface area contributed by atoms with E-state index in [1.807, 2.05) is 24.3 Å². The van der Waals surface area contributed by atoms with Gasteiger partial charge in [-0.25, -0.2) is 0 Å². The van der Waals surface area contributed by atoms with Crippen molar-refractivity contribution in [3.8, 4) is 0 Å². The van der Waals surface area contributed by atoms with Crippen molar-refractivity contribution in [1.82, 2.24) is 15.2 Å². The average molecular weight is 395 g/mol. The Kier molecular flexibility index (Phi) is 5.87. The van der Waals surface area contributed by atoms with E-state index in [2.05, 4.69) is 55.0 Å². The SMILES string of the molecule is Clc1ccc(CNc2nncc(Nc3ccc(N4CCCCC4)cc3)n2)cc1. The molecule has 2 heterocycles. The molecule has 1 aliphatic heterocycles. The van der Waals surface area contributed by atoms with Gasteiger partial charge in [-0.05, 0) is 61.2 Å². The lowest BCUT2D eigenvalue weighted by atomic mass is 10.1. The standard InChI is InChI=1S/C21H23ClN6/c22-17-6-4-16(5-7-17)14-23-21-26-20(15-24-27-21)25-18-8-10-19(11-9-18)28-12-2-1-3-13-28/h4-11,15H,1-3,12-14H2,(H2,23,25,26,27). The molecule has 2 aromatic carbocycles. The van der Waals surface area contributed by atoms with Crippen LogP contribution in [0, 0.1) is 0 Å². The van der Waals surface area contributed by atoms with Gasteiger partial charge in [0.25, 0.3) is 0 Å². The van der Waals surface area contributed by atoms with Gasteiger partial charge in [0.2, 0.25) is 5.95 Å². The highest BCUT2D eigenvalue weighted by Crippen LogP contribution is 2.23. The van der Waals surface area contributed by atoms with Crippen LogP contribution in [0.25, 0.3) is 0 Å². The largest absolute Gasteiger partial charge is 0.372 e. The number of rotatable bonds is 6. The number of benzene rings is 2. The van der Waals surface area contributed by atoms with E-state index in [0.717, 1.165) is 29.4 Å². The summed E-state index contributed by atoms with van der Waals surface area (Å²) >= 11 is 5.91. The molecule has 1 aromatic heterocycles. The molecule has 2 N–H and O–H groups in total. The number of hydrogen-bond acceptors (Lipinski definition) is 6. The quantitative estimate of drug-likeness (QED) is 0.621. The van der Waals surface area contributed by atoms with Crippen molar-refractivity contribution in [2.75, 3.05) is 28.6 Å². The fourth-order valence-electron chi connectivity index (χ4n) is 3.28. The summed E-state index contributed by atoms with van der Waals surface area (Å²) in [5.74, 6) is 1.13. The molecule has 0 saturated carbocycles. The zero-order valence-corrected chi connectivity index (χ0v) is 16.4. The minimum atomic E-state index is 0.477. The summed E-state index contributed by atoms with van der Waals surface area (Å²) in [6.45, 7) is 2.89. The van der Waals surface area contributed by atoms with Crippen LogP contribution in [0.1, 0.15) is 24.8 Å². The van der Waals surface area contributed by atoms with Crippen LogP contribution in [0.2, 0.25) is 5.02 Å². The summed E-state index contributed by atoms with van der Waals surface area (Å²) in [5.41, 5.74) is 3.35. The maximum absolute atomic E-state index is 5.91. The molecule has 0 unspecified atom stereocenters. The molecule has 144 valence electrons. The van der Waals surface area contributed by atoms with E-state index in [1.165, 1.54) is 24.9 Å². The normalized spacial score (nSPS) is 14.0. The van der Waals surface area contributed by atoms with Crippen LogP contribution < -0.4 is 15.5 Å². The molecule has 0 bridgehead atoms. The van der Waals surface area contributed by atoms with Crippen LogP contribution in [0.3, 0.4) is 0 Å². The third-order valence-corrected chi connectivity index (χ3v) is 5.04. The number of nitrogens with zero attached hydrogens (tertiary/aromatic N) is 4. The van der Waals surface area contributed by atoms with E-state index < -0.39 is 0 Å². The van der Waals surface area contributed by atoms with Gasteiger partial charge in [-0.2, -0.15) is 10.1 Å². The predicted molar refractivity (Wildman–Crippen MR) is 114 cm³/mol. The Morgan fingerprint density at radius 3 is 2.43 bits per heavy atom. The second kappa shape index (κ2) is 8.89. The lowest BCUT2D eigenvalue weighted by Gasteiger charge is -2.28. The monoisotopic (exact) mass is 394 g/mol. The van der Waals surface area contributed by atoms with Crippen LogP contribution in [0.5, 0.6) is 0 Å². The fourth-order valence-corrected chi connectivity index (χ4v) is 3.40. The van der Waals surface area contributed by atoms with Gasteiger partial charge in [0.1, 0.15) is 0 Å². The molecule has 7 heteroatoms. The molecule has 0 amide bonds. The second-order valence-electron chi connectivity index (χ2n) is 6.86. The van der Waals surface area contributed by atoms with E-state index >= 15 is 0 Å². The third kappa shape index (κ3) is 4.89. The number of halogens is 1. The van der Waals surface area contributed by atoms with Crippen molar-refractivity contribution in [1.29, 1.82) is 0 Å². The van der Waals surface area contributed by atoms with Crippen LogP contribution in [0.4, 0.5) is 23.1 Å². The van der Waals surface area contributed by atoms with E-state index in [0.29, 0.717) is 18.3 Å². The molecule has 3 aromatic rings. The minimum Gasteiger partial charge on any atom is -0.372 e. The van der Waals surface area contributed by atoms with Gasteiger partial charge in [0.05, 0.1) is 6.20 Å². The van der Waals surface area contributed by atoms with Crippen LogP contribution in [0.15, 0.2) is 54.7 Å². The average Bonchev–Trinajstić information content (AvgIpc) is 2.75. The molecular formula is C21H23ClN6. The Morgan fingerprint density at radius 2 is 1.68 bits per heavy atom. The first-order valence-corrected chi connectivity index (χ1v) is 9.94. The number of aromatic nitrogens is 3. The lowest BCUT2D eigenvalue weighted by molar-refractivity contribution is 0.578. The lowest BCUT2D eigenvalue weighted by Crippen LogP contribution is -2.29. The smallest absolute Gasteiger partial charge is 0.244 e. The summed E-state index contributed by atoms with van der Waals surface area (Å²) in [6, 6.07) is 16.1. The number of piperidine rings is 1. The zero-order valence-electron chi connectivity index (χ0n) is 15.6. The summed E-state index contributed by atoms with van der Waals surface area (Å²) in [5, 5.41) is 15.3. The minimum absolute atomic E-state index is 0.477. The van der Waals surface area contributed by atoms with Crippen LogP contribution >= 0.6 is 11.6 Å². The Balaban J connectivity index is 1.36. The van der Waals surface area contributed by atoms with Gasteiger partial charge in [0.15, 0.2) is 5.82 Å². The van der Waals surface area contributed by atoms with Gasteiger partial charge in [-0.3, -0.25) is 0 Å². The van der Waals surface area contributed by atoms with Gasteiger partial charge in [-0.15, -0.1) is 5.10 Å². The van der Waals surface area contributed by atoms with Crippen LogP contribution in [-0.4, -0.2) is 28.3 Å². The molecule has 1 saturated heterocycles. The molecule has 0 spiro atoms. The molecular weight excluding hydrogens is 372 g/mol. The highest BCUT2D eigenvalue weighted by Gasteiger charge is 2.10. The number of nitrogens with one attached hydrogen (secondary N) is 2. The molecule has 0 radical (unpaired) electrons. The van der Waals surface area contributed by atoms with E-state index in [4.69, 9.17) is 11.6 Å². The first-order valence-electron chi connectivity index (χ1n) is 9.56. The summed E-state index contributed by atoms with van der Waals surface area (Å²) in [6.07, 6.45) is 5.51. The van der Waals surface area contributed by atoms with Gasteiger partial charge < -0.3 is 15.5 Å². The summed E-state index contributed by atoms with van der Waals surface area (Å²) in [4.78, 5) is 6.92. The molecule has 6 nitrogen and oxygen atoms in total. The zero-order chi connectivity index (χ0) is 19.2. The maximum atomic E-state index is 5.91. The summed E-state index contributed by atoms with van der Waals surface area (Å²) < 4.78 is 0. The van der Waals surface area contributed by atoms with Crippen molar-refractivity contribution in [3.05, 3.63) is 65.3 Å². The van der Waals surface area contributed by atoms with Crippen LogP contribution in [-0.2, 0) is 6.54 Å². The van der Waals surface area contributed by atoms with Gasteiger partial charge in [0, 0.05) is 36.0 Å². The van der Waals surface area contributed by atoms with Crippen molar-refractivity contribution in [2.24, 2.45) is 0 Å². The summed E-state index contributed by atoms with van der Waals surface area (Å²) in [7, 11) is 0. The Bertz CT molecular complexity index is 892.